The van der Waals surface area contributed by atoms with Crippen LogP contribution in [0.1, 0.15) is 0 Å². The van der Waals surface area contributed by atoms with Crippen molar-refractivity contribution >= 4 is 11.4 Å². The van der Waals surface area contributed by atoms with E-state index in [0.717, 1.165) is 11.1 Å². The van der Waals surface area contributed by atoms with Gasteiger partial charge in [-0.1, -0.05) is 6.07 Å². The minimum absolute atomic E-state index is 0.386. The minimum atomic E-state index is 0.386. The summed E-state index contributed by atoms with van der Waals surface area (Å²) >= 11 is 0. The molecule has 0 bridgehead atoms. The highest BCUT2D eigenvalue weighted by Crippen LogP contribution is 2.26. The third kappa shape index (κ3) is 1.77. The lowest BCUT2D eigenvalue weighted by molar-refractivity contribution is 0.768. The molecule has 0 aliphatic heterocycles. The number of anilines is 2. The molecule has 0 saturated heterocycles. The Labute approximate surface area is 87.1 Å². The molecule has 1 aromatic heterocycles. The van der Waals surface area contributed by atoms with Crippen LogP contribution in [-0.4, -0.2) is 9.78 Å². The van der Waals surface area contributed by atoms with Crippen LogP contribution in [0.15, 0.2) is 30.6 Å². The summed E-state index contributed by atoms with van der Waals surface area (Å²) in [4.78, 5) is 0. The van der Waals surface area contributed by atoms with E-state index in [1.165, 1.54) is 0 Å². The number of hydrogen-bond donors (Lipinski definition) is 2. The zero-order valence-corrected chi connectivity index (χ0v) is 8.27. The Kier molecular flexibility index (Phi) is 2.31. The van der Waals surface area contributed by atoms with E-state index in [9.17, 15) is 5.21 Å². The first-order valence-electron chi connectivity index (χ1n) is 4.47. The molecule has 1 aromatic carbocycles. The molecule has 5 nitrogen and oxygen atoms in total. The van der Waals surface area contributed by atoms with Crippen LogP contribution in [0.5, 0.6) is 0 Å². The number of nitrogen functional groups attached to an aromatic ring is 1. The molecular weight excluding hydrogens is 192 g/mol. The Morgan fingerprint density at radius 3 is 2.80 bits per heavy atom. The molecule has 0 saturated carbocycles. The van der Waals surface area contributed by atoms with Crippen LogP contribution < -0.4 is 11.2 Å². The van der Waals surface area contributed by atoms with Crippen molar-refractivity contribution in [3.8, 4) is 11.1 Å². The van der Waals surface area contributed by atoms with Gasteiger partial charge in [0.2, 0.25) is 0 Å². The monoisotopic (exact) mass is 203 g/mol. The SMILES string of the molecule is Cn1cc(-c2ccc(N)c(N[O-])c2)cn1. The number of nitrogens with zero attached hydrogens (tertiary/aromatic N) is 2. The summed E-state index contributed by atoms with van der Waals surface area (Å²) in [5.74, 6) is 0. The van der Waals surface area contributed by atoms with Crippen LogP contribution in [0.3, 0.4) is 0 Å². The summed E-state index contributed by atoms with van der Waals surface area (Å²) in [7, 11) is 1.84. The van der Waals surface area contributed by atoms with Gasteiger partial charge < -0.3 is 16.4 Å². The molecule has 15 heavy (non-hydrogen) atoms. The van der Waals surface area contributed by atoms with Crippen molar-refractivity contribution in [1.29, 1.82) is 0 Å². The molecule has 0 fully saturated rings. The van der Waals surface area contributed by atoms with Gasteiger partial charge in [0.1, 0.15) is 0 Å². The fourth-order valence-corrected chi connectivity index (χ4v) is 1.39. The van der Waals surface area contributed by atoms with E-state index in [0.29, 0.717) is 11.4 Å². The maximum Gasteiger partial charge on any atom is 0.0568 e. The molecule has 1 heterocycles. The molecule has 0 radical (unpaired) electrons. The second kappa shape index (κ2) is 3.62. The number of nitrogens with one attached hydrogen (secondary N) is 1. The summed E-state index contributed by atoms with van der Waals surface area (Å²) < 4.78 is 1.70. The first kappa shape index (κ1) is 9.54. The van der Waals surface area contributed by atoms with Crippen molar-refractivity contribution in [3.05, 3.63) is 35.8 Å². The Morgan fingerprint density at radius 2 is 2.20 bits per heavy atom. The quantitative estimate of drug-likeness (QED) is 0.573. The summed E-state index contributed by atoms with van der Waals surface area (Å²) in [6, 6.07) is 5.26. The molecule has 78 valence electrons. The third-order valence-electron chi connectivity index (χ3n) is 2.20. The summed E-state index contributed by atoms with van der Waals surface area (Å²) in [6.07, 6.45) is 3.61. The highest BCUT2D eigenvalue weighted by Gasteiger charge is 2.02. The first-order chi connectivity index (χ1) is 7.20. The van der Waals surface area contributed by atoms with E-state index < -0.39 is 0 Å². The number of rotatable bonds is 2. The van der Waals surface area contributed by atoms with Gasteiger partial charge in [-0.25, -0.2) is 0 Å². The van der Waals surface area contributed by atoms with Gasteiger partial charge in [-0.2, -0.15) is 5.10 Å². The standard InChI is InChI=1S/C10H11N4O/c1-14-6-8(5-12-14)7-2-3-9(11)10(4-7)13-15/h2-6,13H,11H2,1H3/q-1. The van der Waals surface area contributed by atoms with Gasteiger partial charge >= 0.3 is 0 Å². The van der Waals surface area contributed by atoms with Crippen molar-refractivity contribution in [2.45, 2.75) is 0 Å². The lowest BCUT2D eigenvalue weighted by atomic mass is 10.1. The average Bonchev–Trinajstić information content (AvgIpc) is 2.66. The van der Waals surface area contributed by atoms with E-state index in [1.54, 1.807) is 23.0 Å². The fourth-order valence-electron chi connectivity index (χ4n) is 1.39. The predicted molar refractivity (Wildman–Crippen MR) is 60.0 cm³/mol. The van der Waals surface area contributed by atoms with Crippen LogP contribution in [0.25, 0.3) is 11.1 Å². The molecule has 5 heteroatoms. The van der Waals surface area contributed by atoms with Crippen molar-refractivity contribution in [3.63, 3.8) is 0 Å². The van der Waals surface area contributed by atoms with Crippen LogP contribution in [0.4, 0.5) is 11.4 Å². The maximum absolute atomic E-state index is 10.6. The van der Waals surface area contributed by atoms with E-state index in [-0.39, 0.29) is 0 Å². The normalized spacial score (nSPS) is 10.3. The molecular formula is C10H11N4O-. The molecule has 2 rings (SSSR count). The summed E-state index contributed by atoms with van der Waals surface area (Å²) in [5.41, 5.74) is 10.1. The number of aromatic nitrogens is 2. The third-order valence-corrected chi connectivity index (χ3v) is 2.20. The van der Waals surface area contributed by atoms with Gasteiger partial charge in [0.05, 0.1) is 11.9 Å². The van der Waals surface area contributed by atoms with Crippen LogP contribution >= 0.6 is 0 Å². The fraction of sp³-hybridized carbons (Fsp3) is 0.100. The van der Waals surface area contributed by atoms with Crippen molar-refractivity contribution in [2.75, 3.05) is 11.2 Å². The second-order valence-electron chi connectivity index (χ2n) is 3.31. The largest absolute Gasteiger partial charge is 0.761 e. The molecule has 0 spiro atoms. The number of nitrogens with two attached hydrogens (primary N) is 1. The molecule has 2 aromatic rings. The second-order valence-corrected chi connectivity index (χ2v) is 3.31. The predicted octanol–water partition coefficient (Wildman–Crippen LogP) is 1.58. The topological polar surface area (TPSA) is 78.9 Å². The van der Waals surface area contributed by atoms with Crippen LogP contribution in [-0.2, 0) is 7.05 Å². The molecule has 0 unspecified atom stereocenters. The van der Waals surface area contributed by atoms with Crippen molar-refractivity contribution in [1.82, 2.24) is 9.78 Å². The summed E-state index contributed by atoms with van der Waals surface area (Å²) in [6.45, 7) is 0. The number of aryl methyl sites for hydroxylation is 1. The smallest absolute Gasteiger partial charge is 0.0568 e. The van der Waals surface area contributed by atoms with E-state index in [1.807, 2.05) is 24.8 Å². The molecule has 0 atom stereocenters. The number of hydrogen-bond acceptors (Lipinski definition) is 4. The Balaban J connectivity index is 2.45. The molecule has 0 amide bonds. The van der Waals surface area contributed by atoms with Crippen LogP contribution in [0, 0.1) is 5.21 Å². The highest BCUT2D eigenvalue weighted by atomic mass is 16.5. The van der Waals surface area contributed by atoms with Gasteiger partial charge in [0, 0.05) is 24.5 Å². The van der Waals surface area contributed by atoms with Gasteiger partial charge in [-0.3, -0.25) is 4.68 Å². The Morgan fingerprint density at radius 1 is 1.40 bits per heavy atom. The van der Waals surface area contributed by atoms with Gasteiger partial charge in [0.15, 0.2) is 0 Å². The average molecular weight is 203 g/mol. The molecule has 0 aliphatic carbocycles. The lowest BCUT2D eigenvalue weighted by Gasteiger charge is -2.13. The Hall–Kier alpha value is -2.01. The maximum atomic E-state index is 10.6. The summed E-state index contributed by atoms with van der Waals surface area (Å²) in [5, 5.41) is 14.6. The molecule has 0 aliphatic rings. The van der Waals surface area contributed by atoms with Gasteiger partial charge in [-0.05, 0) is 17.7 Å². The van der Waals surface area contributed by atoms with E-state index in [2.05, 4.69) is 5.10 Å². The van der Waals surface area contributed by atoms with E-state index in [4.69, 9.17) is 5.73 Å². The van der Waals surface area contributed by atoms with Crippen molar-refractivity contribution < 1.29 is 0 Å². The van der Waals surface area contributed by atoms with Crippen molar-refractivity contribution in [2.24, 2.45) is 7.05 Å². The Bertz CT molecular complexity index is 478. The zero-order chi connectivity index (χ0) is 10.8. The highest BCUT2D eigenvalue weighted by molar-refractivity contribution is 5.75. The molecule has 3 N–H and O–H groups in total. The van der Waals surface area contributed by atoms with E-state index >= 15 is 0 Å². The van der Waals surface area contributed by atoms with Crippen LogP contribution in [0.2, 0.25) is 0 Å². The van der Waals surface area contributed by atoms with Gasteiger partial charge in [0.25, 0.3) is 0 Å². The minimum Gasteiger partial charge on any atom is -0.761 e. The van der Waals surface area contributed by atoms with Gasteiger partial charge in [-0.15, -0.1) is 0 Å². The number of benzene rings is 1. The lowest BCUT2D eigenvalue weighted by Crippen LogP contribution is -1.93. The first-order valence-corrected chi connectivity index (χ1v) is 4.47. The zero-order valence-electron chi connectivity index (χ0n) is 8.27.